The van der Waals surface area contributed by atoms with Gasteiger partial charge in [-0.2, -0.15) is 0 Å². The van der Waals surface area contributed by atoms with Gasteiger partial charge in [-0.1, -0.05) is 28.1 Å². The molecule has 1 amide bonds. The molecule has 8 nitrogen and oxygen atoms in total. The summed E-state index contributed by atoms with van der Waals surface area (Å²) in [6.07, 6.45) is 1.56. The average Bonchev–Trinajstić information content (AvgIpc) is 2.79. The molecule has 0 aliphatic carbocycles. The van der Waals surface area contributed by atoms with E-state index in [2.05, 4.69) is 26.0 Å². The van der Waals surface area contributed by atoms with Gasteiger partial charge >= 0.3 is 0 Å². The quantitative estimate of drug-likeness (QED) is 0.341. The van der Waals surface area contributed by atoms with Crippen LogP contribution in [-0.4, -0.2) is 35.5 Å². The highest BCUT2D eigenvalue weighted by molar-refractivity contribution is 9.10. The van der Waals surface area contributed by atoms with Gasteiger partial charge in [-0.25, -0.2) is 16.8 Å². The predicted octanol–water partition coefficient (Wildman–Crippen LogP) is 5.05. The van der Waals surface area contributed by atoms with E-state index in [9.17, 15) is 21.6 Å². The Morgan fingerprint density at radius 2 is 1.50 bits per heavy atom. The molecule has 0 unspecified atom stereocenters. The van der Waals surface area contributed by atoms with Crippen LogP contribution in [0, 0.1) is 13.8 Å². The number of benzene rings is 3. The van der Waals surface area contributed by atoms with E-state index in [0.29, 0.717) is 23.5 Å². The van der Waals surface area contributed by atoms with E-state index in [1.807, 2.05) is 32.0 Å². The van der Waals surface area contributed by atoms with Gasteiger partial charge in [0.25, 0.3) is 10.0 Å². The van der Waals surface area contributed by atoms with Gasteiger partial charge in [-0.15, -0.1) is 0 Å². The highest BCUT2D eigenvalue weighted by Crippen LogP contribution is 2.25. The molecular formula is C25H28BrN3O5S2. The van der Waals surface area contributed by atoms with E-state index >= 15 is 0 Å². The van der Waals surface area contributed by atoms with Crippen LogP contribution in [0.25, 0.3) is 0 Å². The summed E-state index contributed by atoms with van der Waals surface area (Å²) in [5.74, 6) is -0.298. The molecule has 0 bridgehead atoms. The van der Waals surface area contributed by atoms with Crippen molar-refractivity contribution in [3.63, 3.8) is 0 Å². The van der Waals surface area contributed by atoms with Crippen LogP contribution < -0.4 is 14.3 Å². The Labute approximate surface area is 221 Å². The Balaban J connectivity index is 1.59. The minimum atomic E-state index is -3.78. The molecule has 0 saturated heterocycles. The number of carbonyl (C=O) groups excluding carboxylic acids is 1. The summed E-state index contributed by atoms with van der Waals surface area (Å²) in [5, 5.41) is 2.72. The summed E-state index contributed by atoms with van der Waals surface area (Å²) >= 11 is 3.30. The maximum atomic E-state index is 12.6. The Morgan fingerprint density at radius 3 is 2.11 bits per heavy atom. The van der Waals surface area contributed by atoms with Crippen molar-refractivity contribution in [3.05, 3.63) is 82.3 Å². The van der Waals surface area contributed by atoms with Gasteiger partial charge < -0.3 is 5.32 Å². The molecular weight excluding hydrogens is 566 g/mol. The molecule has 3 aromatic rings. The standard InChI is InChI=1S/C25H28BrN3O5S2/c1-18-6-7-19(2)24(17-18)29(35(3,31)32)16-4-5-25(30)27-21-12-14-23(15-13-21)36(33,34)28-22-10-8-20(26)9-11-22/h6-15,17,28H,4-5,16H2,1-3H3,(H,27,30). The van der Waals surface area contributed by atoms with Crippen molar-refractivity contribution in [2.75, 3.05) is 27.1 Å². The lowest BCUT2D eigenvalue weighted by molar-refractivity contribution is -0.116. The summed E-state index contributed by atoms with van der Waals surface area (Å²) < 4.78 is 54.6. The Hall–Kier alpha value is -2.89. The monoisotopic (exact) mass is 593 g/mol. The first-order valence-corrected chi connectivity index (χ1v) is 15.2. The number of amides is 1. The average molecular weight is 595 g/mol. The smallest absolute Gasteiger partial charge is 0.261 e. The molecule has 0 radical (unpaired) electrons. The molecule has 0 atom stereocenters. The van der Waals surface area contributed by atoms with Crippen LogP contribution in [0.1, 0.15) is 24.0 Å². The van der Waals surface area contributed by atoms with E-state index in [1.165, 1.54) is 28.6 Å². The van der Waals surface area contributed by atoms with E-state index < -0.39 is 20.0 Å². The molecule has 0 aliphatic heterocycles. The van der Waals surface area contributed by atoms with Crippen molar-refractivity contribution < 1.29 is 21.6 Å². The van der Waals surface area contributed by atoms with Crippen LogP contribution >= 0.6 is 15.9 Å². The summed E-state index contributed by atoms with van der Waals surface area (Å²) in [7, 11) is -7.30. The zero-order chi connectivity index (χ0) is 26.5. The molecule has 0 spiro atoms. The van der Waals surface area contributed by atoms with Crippen molar-refractivity contribution >= 4 is 58.9 Å². The third kappa shape index (κ3) is 7.55. The number of hydrogen-bond acceptors (Lipinski definition) is 5. The number of anilines is 3. The second-order valence-electron chi connectivity index (χ2n) is 8.41. The van der Waals surface area contributed by atoms with Crippen molar-refractivity contribution in [1.29, 1.82) is 0 Å². The second-order valence-corrected chi connectivity index (χ2v) is 12.9. The first kappa shape index (κ1) is 27.7. The molecule has 0 fully saturated rings. The van der Waals surface area contributed by atoms with E-state index in [1.54, 1.807) is 24.3 Å². The first-order valence-electron chi connectivity index (χ1n) is 11.1. The fraction of sp³-hybridized carbons (Fsp3) is 0.240. The predicted molar refractivity (Wildman–Crippen MR) is 147 cm³/mol. The fourth-order valence-corrected chi connectivity index (χ4v) is 5.85. The highest BCUT2D eigenvalue weighted by Gasteiger charge is 2.20. The number of nitrogens with one attached hydrogen (secondary N) is 2. The molecule has 0 aromatic heterocycles. The van der Waals surface area contributed by atoms with Gasteiger partial charge in [0.15, 0.2) is 0 Å². The summed E-state index contributed by atoms with van der Waals surface area (Å²) in [4.78, 5) is 12.5. The van der Waals surface area contributed by atoms with Gasteiger partial charge in [-0.3, -0.25) is 13.8 Å². The van der Waals surface area contributed by atoms with E-state index in [4.69, 9.17) is 0 Å². The van der Waals surface area contributed by atoms with Crippen LogP contribution in [0.2, 0.25) is 0 Å². The SMILES string of the molecule is Cc1ccc(C)c(N(CCCC(=O)Nc2ccc(S(=O)(=O)Nc3ccc(Br)cc3)cc2)S(C)(=O)=O)c1. The first-order chi connectivity index (χ1) is 16.8. The number of aryl methyl sites for hydroxylation is 2. The molecule has 0 saturated carbocycles. The zero-order valence-corrected chi connectivity index (χ0v) is 23.4. The van der Waals surface area contributed by atoms with Gasteiger partial charge in [0.2, 0.25) is 15.9 Å². The number of carbonyl (C=O) groups is 1. The summed E-state index contributed by atoms with van der Waals surface area (Å²) in [6, 6.07) is 18.2. The topological polar surface area (TPSA) is 113 Å². The number of nitrogens with zero attached hydrogens (tertiary/aromatic N) is 1. The third-order valence-corrected chi connectivity index (χ3v) is 8.45. The maximum absolute atomic E-state index is 12.6. The van der Waals surface area contributed by atoms with E-state index in [-0.39, 0.29) is 23.8 Å². The van der Waals surface area contributed by atoms with Crippen molar-refractivity contribution in [1.82, 2.24) is 0 Å². The maximum Gasteiger partial charge on any atom is 0.261 e. The Kier molecular flexibility index (Phi) is 8.80. The van der Waals surface area contributed by atoms with Crippen LogP contribution in [0.4, 0.5) is 17.1 Å². The molecule has 3 rings (SSSR count). The molecule has 0 aliphatic rings. The van der Waals surface area contributed by atoms with Crippen molar-refractivity contribution in [2.45, 2.75) is 31.6 Å². The third-order valence-electron chi connectivity index (χ3n) is 5.34. The van der Waals surface area contributed by atoms with Crippen LogP contribution in [-0.2, 0) is 24.8 Å². The van der Waals surface area contributed by atoms with Crippen LogP contribution in [0.5, 0.6) is 0 Å². The summed E-state index contributed by atoms with van der Waals surface area (Å²) in [6.45, 7) is 3.90. The normalized spacial score (nSPS) is 11.7. The number of halogens is 1. The molecule has 11 heteroatoms. The van der Waals surface area contributed by atoms with Gasteiger partial charge in [-0.05, 0) is 86.0 Å². The van der Waals surface area contributed by atoms with Crippen LogP contribution in [0.3, 0.4) is 0 Å². The molecule has 0 heterocycles. The fourth-order valence-electron chi connectivity index (χ4n) is 3.51. The van der Waals surface area contributed by atoms with Gasteiger partial charge in [0, 0.05) is 28.8 Å². The molecule has 2 N–H and O–H groups in total. The lowest BCUT2D eigenvalue weighted by atomic mass is 10.1. The van der Waals surface area contributed by atoms with Gasteiger partial charge in [0.05, 0.1) is 16.8 Å². The molecule has 36 heavy (non-hydrogen) atoms. The number of rotatable bonds is 10. The molecule has 192 valence electrons. The second kappa shape index (κ2) is 11.4. The minimum Gasteiger partial charge on any atom is -0.326 e. The Morgan fingerprint density at radius 1 is 0.889 bits per heavy atom. The lowest BCUT2D eigenvalue weighted by Crippen LogP contribution is -2.32. The number of hydrogen-bond donors (Lipinski definition) is 2. The zero-order valence-electron chi connectivity index (χ0n) is 20.2. The van der Waals surface area contributed by atoms with E-state index in [0.717, 1.165) is 21.9 Å². The lowest BCUT2D eigenvalue weighted by Gasteiger charge is -2.24. The number of sulfonamides is 2. The van der Waals surface area contributed by atoms with Crippen LogP contribution in [0.15, 0.2) is 76.1 Å². The highest BCUT2D eigenvalue weighted by atomic mass is 79.9. The van der Waals surface area contributed by atoms with Gasteiger partial charge in [0.1, 0.15) is 0 Å². The minimum absolute atomic E-state index is 0.0562. The Bertz CT molecular complexity index is 1440. The summed E-state index contributed by atoms with van der Waals surface area (Å²) in [5.41, 5.74) is 3.25. The largest absolute Gasteiger partial charge is 0.326 e. The molecule has 3 aromatic carbocycles. The van der Waals surface area contributed by atoms with Crippen molar-refractivity contribution in [3.8, 4) is 0 Å². The van der Waals surface area contributed by atoms with Crippen molar-refractivity contribution in [2.24, 2.45) is 0 Å².